The number of hydrogen-bond acceptors (Lipinski definition) is 5. The van der Waals surface area contributed by atoms with Gasteiger partial charge in [-0.15, -0.1) is 13.2 Å². The maximum Gasteiger partial charge on any atom is 0.573 e. The van der Waals surface area contributed by atoms with Crippen LogP contribution in [0.1, 0.15) is 18.4 Å². The number of halogens is 3. The van der Waals surface area contributed by atoms with Gasteiger partial charge in [0.1, 0.15) is 28.6 Å². The van der Waals surface area contributed by atoms with Crippen molar-refractivity contribution in [3.05, 3.63) is 53.6 Å². The molecule has 0 bridgehead atoms. The van der Waals surface area contributed by atoms with Gasteiger partial charge >= 0.3 is 6.36 Å². The average molecular weight is 426 g/mol. The van der Waals surface area contributed by atoms with E-state index in [-0.39, 0.29) is 16.9 Å². The van der Waals surface area contributed by atoms with E-state index in [2.05, 4.69) is 10.1 Å². The Bertz CT molecular complexity index is 924. The minimum atomic E-state index is -4.82. The highest BCUT2D eigenvalue weighted by Gasteiger charge is 2.31. The van der Waals surface area contributed by atoms with Crippen molar-refractivity contribution in [2.45, 2.75) is 19.2 Å². The number of aromatic nitrogens is 1. The van der Waals surface area contributed by atoms with Gasteiger partial charge in [-0.3, -0.25) is 15.4 Å². The number of nitrogens with one attached hydrogen (secondary N) is 3. The van der Waals surface area contributed by atoms with Crippen LogP contribution >= 0.6 is 0 Å². The van der Waals surface area contributed by atoms with Crippen LogP contribution in [0.25, 0.3) is 0 Å². The standard InChI is InChI=1S/C19H21F3N4O2S/c20-19(21,22)28-16-3-1-2-14(10-16)18(24)26-12-15(4-5-17(26)23)25-11-13-6-8-29(27)9-7-13/h1-5,10,12-13,23-25H,6-9,11H2. The van der Waals surface area contributed by atoms with Crippen LogP contribution in [-0.2, 0) is 11.2 Å². The fourth-order valence-corrected chi connectivity index (χ4v) is 4.48. The third kappa shape index (κ3) is 6.01. The number of rotatable bonds is 5. The SMILES string of the molecule is N=C(c1cccc(OC(F)(F)F)c1)n1cc(NCC2CC[S+]([O-])CC2)ccc1=N. The summed E-state index contributed by atoms with van der Waals surface area (Å²) >= 11 is -0.717. The van der Waals surface area contributed by atoms with Gasteiger partial charge in [0.25, 0.3) is 0 Å². The second kappa shape index (κ2) is 8.91. The number of ether oxygens (including phenoxy) is 1. The molecule has 0 spiro atoms. The molecule has 10 heteroatoms. The zero-order chi connectivity index (χ0) is 21.0. The lowest BCUT2D eigenvalue weighted by Crippen LogP contribution is -2.29. The summed E-state index contributed by atoms with van der Waals surface area (Å²) in [6, 6.07) is 8.36. The van der Waals surface area contributed by atoms with Gasteiger partial charge in [0.2, 0.25) is 0 Å². The Kier molecular flexibility index (Phi) is 6.53. The Labute approximate surface area is 168 Å². The molecule has 2 aromatic rings. The van der Waals surface area contributed by atoms with Crippen LogP contribution in [0, 0.1) is 16.7 Å². The topological polar surface area (TPSA) is 96.9 Å². The summed E-state index contributed by atoms with van der Waals surface area (Å²) < 4.78 is 54.0. The van der Waals surface area contributed by atoms with Crippen molar-refractivity contribution in [1.82, 2.24) is 4.57 Å². The fourth-order valence-electron chi connectivity index (χ4n) is 3.08. The van der Waals surface area contributed by atoms with Crippen LogP contribution in [0.4, 0.5) is 18.9 Å². The Balaban J connectivity index is 1.73. The Morgan fingerprint density at radius 2 is 1.97 bits per heavy atom. The Hall–Kier alpha value is -2.46. The van der Waals surface area contributed by atoms with Gasteiger partial charge in [0.05, 0.1) is 5.69 Å². The van der Waals surface area contributed by atoms with Crippen molar-refractivity contribution in [3.63, 3.8) is 0 Å². The fraction of sp³-hybridized carbons (Fsp3) is 0.368. The molecule has 1 fully saturated rings. The summed E-state index contributed by atoms with van der Waals surface area (Å²) in [6.45, 7) is 0.691. The van der Waals surface area contributed by atoms with Crippen LogP contribution in [0.15, 0.2) is 42.6 Å². The summed E-state index contributed by atoms with van der Waals surface area (Å²) in [6.07, 6.45) is -1.47. The molecule has 3 N–H and O–H groups in total. The van der Waals surface area contributed by atoms with Gasteiger partial charge in [-0.1, -0.05) is 23.3 Å². The number of nitrogens with zero attached hydrogens (tertiary/aromatic N) is 1. The normalized spacial score (nSPS) is 19.6. The van der Waals surface area contributed by atoms with Crippen LogP contribution in [0.2, 0.25) is 0 Å². The zero-order valence-corrected chi connectivity index (χ0v) is 16.3. The predicted molar refractivity (Wildman–Crippen MR) is 105 cm³/mol. The number of alkyl halides is 3. The number of anilines is 1. The number of pyridine rings is 1. The quantitative estimate of drug-likeness (QED) is 0.389. The summed E-state index contributed by atoms with van der Waals surface area (Å²) in [5.41, 5.74) is 0.910. The smallest absolute Gasteiger partial charge is 0.573 e. The molecule has 0 saturated carbocycles. The van der Waals surface area contributed by atoms with E-state index in [4.69, 9.17) is 10.8 Å². The lowest BCUT2D eigenvalue weighted by atomic mass is 10.0. The highest BCUT2D eigenvalue weighted by Crippen LogP contribution is 2.24. The van der Waals surface area contributed by atoms with E-state index in [1.54, 1.807) is 12.3 Å². The first-order chi connectivity index (χ1) is 13.7. The van der Waals surface area contributed by atoms with E-state index in [0.29, 0.717) is 29.7 Å². The Morgan fingerprint density at radius 3 is 2.66 bits per heavy atom. The van der Waals surface area contributed by atoms with Crippen LogP contribution in [-0.4, -0.2) is 39.4 Å². The molecular weight excluding hydrogens is 405 g/mol. The van der Waals surface area contributed by atoms with Crippen molar-refractivity contribution >= 4 is 22.7 Å². The summed E-state index contributed by atoms with van der Waals surface area (Å²) in [5.74, 6) is 1.26. The maximum absolute atomic E-state index is 12.4. The molecule has 0 atom stereocenters. The molecule has 0 amide bonds. The van der Waals surface area contributed by atoms with E-state index in [1.165, 1.54) is 22.8 Å². The van der Waals surface area contributed by atoms with Gasteiger partial charge in [-0.2, -0.15) is 0 Å². The third-order valence-electron chi connectivity index (χ3n) is 4.63. The molecular formula is C19H21F3N4O2S. The third-order valence-corrected chi connectivity index (χ3v) is 6.01. The molecule has 1 aromatic carbocycles. The van der Waals surface area contributed by atoms with E-state index in [0.717, 1.165) is 25.0 Å². The monoisotopic (exact) mass is 426 g/mol. The average Bonchev–Trinajstić information content (AvgIpc) is 2.67. The van der Waals surface area contributed by atoms with Crippen molar-refractivity contribution in [2.24, 2.45) is 5.92 Å². The molecule has 1 aliphatic heterocycles. The van der Waals surface area contributed by atoms with Crippen molar-refractivity contribution in [3.8, 4) is 5.75 Å². The highest BCUT2D eigenvalue weighted by atomic mass is 32.2. The van der Waals surface area contributed by atoms with Crippen molar-refractivity contribution in [2.75, 3.05) is 23.4 Å². The molecule has 1 aromatic heterocycles. The molecule has 6 nitrogen and oxygen atoms in total. The lowest BCUT2D eigenvalue weighted by molar-refractivity contribution is -0.274. The number of benzene rings is 1. The maximum atomic E-state index is 12.4. The molecule has 1 saturated heterocycles. The predicted octanol–water partition coefficient (Wildman–Crippen LogP) is 3.31. The summed E-state index contributed by atoms with van der Waals surface area (Å²) in [5, 5.41) is 19.6. The van der Waals surface area contributed by atoms with E-state index < -0.39 is 23.3 Å². The summed E-state index contributed by atoms with van der Waals surface area (Å²) in [7, 11) is 0. The minimum absolute atomic E-state index is 0.0238. The molecule has 3 rings (SSSR count). The van der Waals surface area contributed by atoms with Crippen molar-refractivity contribution in [1.29, 1.82) is 10.8 Å². The Morgan fingerprint density at radius 1 is 1.24 bits per heavy atom. The zero-order valence-electron chi connectivity index (χ0n) is 15.5. The lowest BCUT2D eigenvalue weighted by Gasteiger charge is -2.24. The molecule has 29 heavy (non-hydrogen) atoms. The second-order valence-electron chi connectivity index (χ2n) is 6.77. The van der Waals surface area contributed by atoms with Crippen LogP contribution in [0.3, 0.4) is 0 Å². The van der Waals surface area contributed by atoms with Crippen LogP contribution < -0.4 is 15.5 Å². The first-order valence-corrected chi connectivity index (χ1v) is 10.5. The van der Waals surface area contributed by atoms with Gasteiger partial charge < -0.3 is 14.6 Å². The first kappa shape index (κ1) is 21.3. The first-order valence-electron chi connectivity index (χ1n) is 9.02. The van der Waals surface area contributed by atoms with Crippen LogP contribution in [0.5, 0.6) is 5.75 Å². The van der Waals surface area contributed by atoms with Gasteiger partial charge in [-0.05, 0) is 43.0 Å². The van der Waals surface area contributed by atoms with Gasteiger partial charge in [-0.25, -0.2) is 0 Å². The molecule has 2 heterocycles. The van der Waals surface area contributed by atoms with Gasteiger partial charge in [0, 0.05) is 18.3 Å². The van der Waals surface area contributed by atoms with E-state index in [1.807, 2.05) is 0 Å². The molecule has 0 unspecified atom stereocenters. The van der Waals surface area contributed by atoms with E-state index >= 15 is 0 Å². The largest absolute Gasteiger partial charge is 0.616 e. The molecule has 0 radical (unpaired) electrons. The van der Waals surface area contributed by atoms with Gasteiger partial charge in [0.15, 0.2) is 0 Å². The summed E-state index contributed by atoms with van der Waals surface area (Å²) in [4.78, 5) is 0. The highest BCUT2D eigenvalue weighted by molar-refractivity contribution is 7.91. The minimum Gasteiger partial charge on any atom is -0.616 e. The molecule has 0 aliphatic carbocycles. The molecule has 1 aliphatic rings. The van der Waals surface area contributed by atoms with E-state index in [9.17, 15) is 17.7 Å². The second-order valence-corrected chi connectivity index (χ2v) is 8.47. The van der Waals surface area contributed by atoms with Crippen molar-refractivity contribution < 1.29 is 22.5 Å². The molecule has 156 valence electrons. The number of hydrogen-bond donors (Lipinski definition) is 3.